The number of hydrogen-bond donors (Lipinski definition) is 1. The maximum atomic E-state index is 10.4. The predicted molar refractivity (Wildman–Crippen MR) is 41.0 cm³/mol. The third-order valence-electron chi connectivity index (χ3n) is 1.32. The number of furan rings is 1. The van der Waals surface area contributed by atoms with E-state index in [-0.39, 0.29) is 5.76 Å². The Morgan fingerprint density at radius 2 is 2.42 bits per heavy atom. The molecule has 0 radical (unpaired) electrons. The molecule has 0 saturated carbocycles. The largest absolute Gasteiger partial charge is 0.475 e. The molecular formula is C8H10O4. The lowest BCUT2D eigenvalue weighted by atomic mass is 10.4. The van der Waals surface area contributed by atoms with Gasteiger partial charge in [0.05, 0.1) is 0 Å². The van der Waals surface area contributed by atoms with Gasteiger partial charge in [0.15, 0.2) is 0 Å². The first-order valence-corrected chi connectivity index (χ1v) is 3.63. The summed E-state index contributed by atoms with van der Waals surface area (Å²) in [4.78, 5) is 10.4. The van der Waals surface area contributed by atoms with Crippen LogP contribution in [0.3, 0.4) is 0 Å². The minimum absolute atomic E-state index is 0.0512. The molecule has 0 aliphatic carbocycles. The van der Waals surface area contributed by atoms with Gasteiger partial charge < -0.3 is 14.3 Å². The van der Waals surface area contributed by atoms with E-state index in [0.717, 1.165) is 0 Å². The number of hydrogen-bond acceptors (Lipinski definition) is 3. The number of rotatable bonds is 4. The zero-order chi connectivity index (χ0) is 8.97. The molecule has 1 aromatic heterocycles. The van der Waals surface area contributed by atoms with Crippen LogP contribution in [0.4, 0.5) is 0 Å². The smallest absolute Gasteiger partial charge is 0.371 e. The summed E-state index contributed by atoms with van der Waals surface area (Å²) < 4.78 is 9.95. The van der Waals surface area contributed by atoms with E-state index < -0.39 is 5.97 Å². The Labute approximate surface area is 69.8 Å². The summed E-state index contributed by atoms with van der Waals surface area (Å²) in [6, 6.07) is 3.01. The van der Waals surface area contributed by atoms with Crippen molar-refractivity contribution >= 4 is 5.97 Å². The van der Waals surface area contributed by atoms with Crippen LogP contribution in [0.2, 0.25) is 0 Å². The third-order valence-corrected chi connectivity index (χ3v) is 1.32. The first kappa shape index (κ1) is 8.80. The Kier molecular flexibility index (Phi) is 2.88. The highest BCUT2D eigenvalue weighted by atomic mass is 16.5. The number of carboxylic acid groups (broad SMARTS) is 1. The van der Waals surface area contributed by atoms with Crippen molar-refractivity contribution in [1.82, 2.24) is 0 Å². The molecule has 0 unspecified atom stereocenters. The van der Waals surface area contributed by atoms with Crippen molar-refractivity contribution in [2.45, 2.75) is 13.5 Å². The maximum Gasteiger partial charge on any atom is 0.371 e. The lowest BCUT2D eigenvalue weighted by Gasteiger charge is -1.95. The molecule has 0 spiro atoms. The summed E-state index contributed by atoms with van der Waals surface area (Å²) in [6.45, 7) is 2.77. The van der Waals surface area contributed by atoms with E-state index in [0.29, 0.717) is 19.0 Å². The van der Waals surface area contributed by atoms with E-state index in [1.807, 2.05) is 6.92 Å². The minimum atomic E-state index is -1.06. The normalized spacial score (nSPS) is 10.1. The lowest BCUT2D eigenvalue weighted by Crippen LogP contribution is -1.93. The summed E-state index contributed by atoms with van der Waals surface area (Å²) in [6.07, 6.45) is 0. The van der Waals surface area contributed by atoms with Gasteiger partial charge in [-0.05, 0) is 19.1 Å². The Bertz CT molecular complexity index is 264. The van der Waals surface area contributed by atoms with Crippen molar-refractivity contribution in [2.24, 2.45) is 0 Å². The van der Waals surface area contributed by atoms with Crippen molar-refractivity contribution < 1.29 is 19.1 Å². The monoisotopic (exact) mass is 170 g/mol. The molecule has 4 nitrogen and oxygen atoms in total. The van der Waals surface area contributed by atoms with Gasteiger partial charge in [-0.3, -0.25) is 0 Å². The summed E-state index contributed by atoms with van der Waals surface area (Å²) in [5.41, 5.74) is 0. The van der Waals surface area contributed by atoms with Crippen molar-refractivity contribution in [2.75, 3.05) is 6.61 Å². The van der Waals surface area contributed by atoms with E-state index in [1.165, 1.54) is 6.07 Å². The Morgan fingerprint density at radius 3 is 2.92 bits per heavy atom. The van der Waals surface area contributed by atoms with Gasteiger partial charge in [0, 0.05) is 6.61 Å². The molecule has 0 amide bonds. The summed E-state index contributed by atoms with van der Waals surface area (Å²) >= 11 is 0. The average molecular weight is 170 g/mol. The SMILES string of the molecule is CCOCc1ccc(C(=O)O)o1. The fourth-order valence-electron chi connectivity index (χ4n) is 0.773. The van der Waals surface area contributed by atoms with E-state index in [4.69, 9.17) is 14.3 Å². The molecule has 1 heterocycles. The Hall–Kier alpha value is -1.29. The van der Waals surface area contributed by atoms with Crippen molar-refractivity contribution in [3.05, 3.63) is 23.7 Å². The second-order valence-electron chi connectivity index (χ2n) is 2.21. The van der Waals surface area contributed by atoms with Crippen LogP contribution in [0, 0.1) is 0 Å². The molecule has 66 valence electrons. The molecule has 0 aromatic carbocycles. The second kappa shape index (κ2) is 3.92. The molecule has 0 aliphatic rings. The number of carbonyl (C=O) groups is 1. The van der Waals surface area contributed by atoms with Crippen LogP contribution >= 0.6 is 0 Å². The van der Waals surface area contributed by atoms with E-state index in [1.54, 1.807) is 6.07 Å². The van der Waals surface area contributed by atoms with Gasteiger partial charge in [-0.1, -0.05) is 0 Å². The highest BCUT2D eigenvalue weighted by Crippen LogP contribution is 2.08. The van der Waals surface area contributed by atoms with Crippen molar-refractivity contribution in [3.63, 3.8) is 0 Å². The molecule has 0 atom stereocenters. The Morgan fingerprint density at radius 1 is 1.67 bits per heavy atom. The number of aromatic carboxylic acids is 1. The predicted octanol–water partition coefficient (Wildman–Crippen LogP) is 1.51. The fraction of sp³-hybridized carbons (Fsp3) is 0.375. The highest BCUT2D eigenvalue weighted by molar-refractivity contribution is 5.84. The van der Waals surface area contributed by atoms with Crippen LogP contribution in [0.5, 0.6) is 0 Å². The van der Waals surface area contributed by atoms with Gasteiger partial charge >= 0.3 is 5.97 Å². The van der Waals surface area contributed by atoms with Crippen molar-refractivity contribution in [3.8, 4) is 0 Å². The summed E-state index contributed by atoms with van der Waals surface area (Å²) in [5, 5.41) is 8.49. The zero-order valence-corrected chi connectivity index (χ0v) is 6.74. The van der Waals surface area contributed by atoms with Crippen LogP contribution in [-0.2, 0) is 11.3 Å². The lowest BCUT2D eigenvalue weighted by molar-refractivity contribution is 0.0650. The molecular weight excluding hydrogens is 160 g/mol. The first-order chi connectivity index (χ1) is 5.74. The second-order valence-corrected chi connectivity index (χ2v) is 2.21. The molecule has 0 saturated heterocycles. The van der Waals surface area contributed by atoms with Crippen LogP contribution < -0.4 is 0 Å². The molecule has 0 fully saturated rings. The zero-order valence-electron chi connectivity index (χ0n) is 6.74. The maximum absolute atomic E-state index is 10.4. The number of ether oxygens (including phenoxy) is 1. The van der Waals surface area contributed by atoms with E-state index >= 15 is 0 Å². The first-order valence-electron chi connectivity index (χ1n) is 3.63. The van der Waals surface area contributed by atoms with Crippen LogP contribution in [0.1, 0.15) is 23.2 Å². The molecule has 1 N–H and O–H groups in total. The van der Waals surface area contributed by atoms with E-state index in [2.05, 4.69) is 0 Å². The molecule has 12 heavy (non-hydrogen) atoms. The van der Waals surface area contributed by atoms with Crippen LogP contribution in [0.15, 0.2) is 16.5 Å². The molecule has 1 aromatic rings. The van der Waals surface area contributed by atoms with Gasteiger partial charge in [-0.2, -0.15) is 0 Å². The van der Waals surface area contributed by atoms with Gasteiger partial charge in [0.2, 0.25) is 5.76 Å². The van der Waals surface area contributed by atoms with Gasteiger partial charge in [0.1, 0.15) is 12.4 Å². The molecule has 0 bridgehead atoms. The Balaban J connectivity index is 2.58. The quantitative estimate of drug-likeness (QED) is 0.744. The number of carboxylic acids is 1. The van der Waals surface area contributed by atoms with Gasteiger partial charge in [-0.25, -0.2) is 4.79 Å². The van der Waals surface area contributed by atoms with Gasteiger partial charge in [-0.15, -0.1) is 0 Å². The van der Waals surface area contributed by atoms with Gasteiger partial charge in [0.25, 0.3) is 0 Å². The standard InChI is InChI=1S/C8H10O4/c1-2-11-5-6-3-4-7(12-6)8(9)10/h3-4H,2,5H2,1H3,(H,9,10). The fourth-order valence-corrected chi connectivity index (χ4v) is 0.773. The third kappa shape index (κ3) is 2.10. The molecule has 0 aliphatic heterocycles. The average Bonchev–Trinajstić information content (AvgIpc) is 2.48. The molecule has 1 rings (SSSR count). The topological polar surface area (TPSA) is 59.7 Å². The van der Waals surface area contributed by atoms with E-state index in [9.17, 15) is 4.79 Å². The summed E-state index contributed by atoms with van der Waals surface area (Å²) in [7, 11) is 0. The molecule has 4 heteroatoms. The minimum Gasteiger partial charge on any atom is -0.475 e. The summed E-state index contributed by atoms with van der Waals surface area (Å²) in [5.74, 6) is -0.572. The van der Waals surface area contributed by atoms with Crippen molar-refractivity contribution in [1.29, 1.82) is 0 Å². The highest BCUT2D eigenvalue weighted by Gasteiger charge is 2.07. The van der Waals surface area contributed by atoms with Crippen LogP contribution in [0.25, 0.3) is 0 Å². The van der Waals surface area contributed by atoms with Crippen LogP contribution in [-0.4, -0.2) is 17.7 Å².